The van der Waals surface area contributed by atoms with Crippen LogP contribution in [0.5, 0.6) is 0 Å². The van der Waals surface area contributed by atoms with E-state index in [-0.39, 0.29) is 5.82 Å². The molecule has 1 heterocycles. The summed E-state index contributed by atoms with van der Waals surface area (Å²) in [5.41, 5.74) is 5.76. The molecule has 0 fully saturated rings. The van der Waals surface area contributed by atoms with Crippen molar-refractivity contribution in [1.29, 1.82) is 0 Å². The number of rotatable bonds is 1. The summed E-state index contributed by atoms with van der Waals surface area (Å²) in [6.45, 7) is 1.84. The summed E-state index contributed by atoms with van der Waals surface area (Å²) in [5.74, 6) is 0.0925. The van der Waals surface area contributed by atoms with Crippen LogP contribution in [-0.2, 0) is 6.42 Å². The van der Waals surface area contributed by atoms with Crippen LogP contribution in [0.3, 0.4) is 0 Å². The first-order valence-electron chi connectivity index (χ1n) is 3.15. The summed E-state index contributed by atoms with van der Waals surface area (Å²) in [6.07, 6.45) is 0.580. The Balaban J connectivity index is 3.09. The summed E-state index contributed by atoms with van der Waals surface area (Å²) in [6, 6.07) is 2.79. The van der Waals surface area contributed by atoms with Gasteiger partial charge >= 0.3 is 0 Å². The number of aromatic nitrogens is 1. The number of nitrogens with two attached hydrogens (primary N) is 1. The molecular formula is C7H9FN2. The van der Waals surface area contributed by atoms with E-state index in [2.05, 4.69) is 4.98 Å². The molecular weight excluding hydrogens is 131 g/mol. The number of nitrogens with zero attached hydrogens (tertiary/aromatic N) is 1. The van der Waals surface area contributed by atoms with Crippen LogP contribution in [0, 0.1) is 5.82 Å². The van der Waals surface area contributed by atoms with Crippen molar-refractivity contribution in [3.05, 3.63) is 23.6 Å². The molecule has 0 unspecified atom stereocenters. The lowest BCUT2D eigenvalue weighted by Crippen LogP contribution is -1.97. The van der Waals surface area contributed by atoms with E-state index in [0.29, 0.717) is 17.9 Å². The van der Waals surface area contributed by atoms with Gasteiger partial charge in [0.2, 0.25) is 0 Å². The second-order valence-corrected chi connectivity index (χ2v) is 2.02. The minimum atomic E-state index is -0.281. The van der Waals surface area contributed by atoms with E-state index in [4.69, 9.17) is 5.73 Å². The van der Waals surface area contributed by atoms with E-state index in [1.807, 2.05) is 6.92 Å². The highest BCUT2D eigenvalue weighted by Gasteiger charge is 1.99. The highest BCUT2D eigenvalue weighted by atomic mass is 19.1. The number of aryl methyl sites for hydroxylation is 1. The Kier molecular flexibility index (Phi) is 1.85. The number of nitrogen functional groups attached to an aromatic ring is 1. The van der Waals surface area contributed by atoms with Crippen LogP contribution in [0.4, 0.5) is 10.2 Å². The number of hydrogen-bond acceptors (Lipinski definition) is 2. The predicted octanol–water partition coefficient (Wildman–Crippen LogP) is 1.37. The van der Waals surface area contributed by atoms with Crippen molar-refractivity contribution < 1.29 is 4.39 Å². The van der Waals surface area contributed by atoms with Crippen molar-refractivity contribution in [3.63, 3.8) is 0 Å². The third-order valence-corrected chi connectivity index (χ3v) is 1.28. The van der Waals surface area contributed by atoms with Crippen molar-refractivity contribution in [1.82, 2.24) is 4.98 Å². The Hall–Kier alpha value is -1.12. The van der Waals surface area contributed by atoms with E-state index >= 15 is 0 Å². The first-order chi connectivity index (χ1) is 4.74. The predicted molar refractivity (Wildman–Crippen MR) is 38.0 cm³/mol. The molecule has 0 aliphatic rings. The van der Waals surface area contributed by atoms with Crippen LogP contribution in [0.25, 0.3) is 0 Å². The normalized spacial score (nSPS) is 9.80. The number of hydrogen-bond donors (Lipinski definition) is 1. The maximum Gasteiger partial charge on any atom is 0.144 e. The summed E-state index contributed by atoms with van der Waals surface area (Å²) in [7, 11) is 0. The van der Waals surface area contributed by atoms with Crippen LogP contribution < -0.4 is 5.73 Å². The van der Waals surface area contributed by atoms with Gasteiger partial charge in [-0.15, -0.1) is 0 Å². The van der Waals surface area contributed by atoms with Gasteiger partial charge in [-0.1, -0.05) is 6.92 Å². The highest BCUT2D eigenvalue weighted by Crippen LogP contribution is 2.06. The monoisotopic (exact) mass is 140 g/mol. The Bertz CT molecular complexity index is 235. The molecule has 1 aromatic heterocycles. The molecule has 0 aliphatic heterocycles. The van der Waals surface area contributed by atoms with E-state index in [9.17, 15) is 4.39 Å². The second kappa shape index (κ2) is 2.64. The van der Waals surface area contributed by atoms with Gasteiger partial charge in [-0.05, 0) is 18.6 Å². The van der Waals surface area contributed by atoms with E-state index in [1.54, 1.807) is 0 Å². The maximum atomic E-state index is 12.7. The quantitative estimate of drug-likeness (QED) is 0.639. The zero-order chi connectivity index (χ0) is 7.56. The van der Waals surface area contributed by atoms with Crippen LogP contribution >= 0.6 is 0 Å². The number of pyridine rings is 1. The Morgan fingerprint density at radius 2 is 2.30 bits per heavy atom. The van der Waals surface area contributed by atoms with Gasteiger partial charge in [0.05, 0.1) is 5.69 Å². The molecule has 2 nitrogen and oxygen atoms in total. The van der Waals surface area contributed by atoms with Crippen molar-refractivity contribution in [2.24, 2.45) is 0 Å². The number of halogens is 1. The molecule has 10 heavy (non-hydrogen) atoms. The van der Waals surface area contributed by atoms with Crippen molar-refractivity contribution in [2.45, 2.75) is 13.3 Å². The molecule has 0 aromatic carbocycles. The lowest BCUT2D eigenvalue weighted by Gasteiger charge is -1.97. The zero-order valence-corrected chi connectivity index (χ0v) is 5.76. The zero-order valence-electron chi connectivity index (χ0n) is 5.76. The minimum absolute atomic E-state index is 0.281. The van der Waals surface area contributed by atoms with Crippen molar-refractivity contribution in [3.8, 4) is 0 Å². The summed E-state index contributed by atoms with van der Waals surface area (Å²) in [4.78, 5) is 3.79. The van der Waals surface area contributed by atoms with E-state index < -0.39 is 0 Å². The molecule has 0 radical (unpaired) electrons. The van der Waals surface area contributed by atoms with Crippen LogP contribution in [-0.4, -0.2) is 4.98 Å². The first kappa shape index (κ1) is 6.99. The largest absolute Gasteiger partial charge is 0.384 e. The van der Waals surface area contributed by atoms with E-state index in [1.165, 1.54) is 12.1 Å². The van der Waals surface area contributed by atoms with Crippen LogP contribution in [0.2, 0.25) is 0 Å². The molecule has 3 heteroatoms. The fourth-order valence-corrected chi connectivity index (χ4v) is 0.749. The lowest BCUT2D eigenvalue weighted by atomic mass is 10.3. The van der Waals surface area contributed by atoms with Crippen molar-refractivity contribution >= 4 is 5.82 Å². The summed E-state index contributed by atoms with van der Waals surface area (Å²) in [5, 5.41) is 0. The molecule has 2 N–H and O–H groups in total. The molecule has 1 rings (SSSR count). The topological polar surface area (TPSA) is 38.9 Å². The van der Waals surface area contributed by atoms with Gasteiger partial charge in [-0.2, -0.15) is 0 Å². The standard InChI is InChI=1S/C7H9FN2/c1-2-6-5(8)3-4-7(9)10-6/h3-4H,2H2,1H3,(H2,9,10). The molecule has 0 saturated carbocycles. The second-order valence-electron chi connectivity index (χ2n) is 2.02. The molecule has 0 saturated heterocycles. The fraction of sp³-hybridized carbons (Fsp3) is 0.286. The lowest BCUT2D eigenvalue weighted by molar-refractivity contribution is 0.602. The fourth-order valence-electron chi connectivity index (χ4n) is 0.749. The Morgan fingerprint density at radius 3 is 2.80 bits per heavy atom. The number of anilines is 1. The van der Waals surface area contributed by atoms with Gasteiger partial charge < -0.3 is 5.73 Å². The van der Waals surface area contributed by atoms with Crippen LogP contribution in [0.15, 0.2) is 12.1 Å². The van der Waals surface area contributed by atoms with Crippen LogP contribution in [0.1, 0.15) is 12.6 Å². The molecule has 0 bridgehead atoms. The van der Waals surface area contributed by atoms with Gasteiger partial charge in [0.15, 0.2) is 0 Å². The maximum absolute atomic E-state index is 12.7. The SMILES string of the molecule is CCc1nc(N)ccc1F. The summed E-state index contributed by atoms with van der Waals surface area (Å²) < 4.78 is 12.7. The third-order valence-electron chi connectivity index (χ3n) is 1.28. The molecule has 54 valence electrons. The first-order valence-corrected chi connectivity index (χ1v) is 3.15. The van der Waals surface area contributed by atoms with Gasteiger partial charge in [-0.3, -0.25) is 0 Å². The van der Waals surface area contributed by atoms with Gasteiger partial charge in [-0.25, -0.2) is 9.37 Å². The van der Waals surface area contributed by atoms with Gasteiger partial charge in [0.25, 0.3) is 0 Å². The average molecular weight is 140 g/mol. The Labute approximate surface area is 58.9 Å². The van der Waals surface area contributed by atoms with Crippen molar-refractivity contribution in [2.75, 3.05) is 5.73 Å². The van der Waals surface area contributed by atoms with E-state index in [0.717, 1.165) is 0 Å². The van der Waals surface area contributed by atoms with Gasteiger partial charge in [0, 0.05) is 0 Å². The average Bonchev–Trinajstić information content (AvgIpc) is 1.94. The molecule has 1 aromatic rings. The van der Waals surface area contributed by atoms with Gasteiger partial charge in [0.1, 0.15) is 11.6 Å². The molecule has 0 spiro atoms. The molecule has 0 aliphatic carbocycles. The smallest absolute Gasteiger partial charge is 0.144 e. The Morgan fingerprint density at radius 1 is 1.60 bits per heavy atom. The molecule has 0 atom stereocenters. The minimum Gasteiger partial charge on any atom is -0.384 e. The molecule has 0 amide bonds. The third kappa shape index (κ3) is 1.23. The summed E-state index contributed by atoms with van der Waals surface area (Å²) >= 11 is 0. The highest BCUT2D eigenvalue weighted by molar-refractivity contribution is 5.29.